The van der Waals surface area contributed by atoms with Crippen molar-refractivity contribution in [3.63, 3.8) is 0 Å². The number of anilines is 1. The van der Waals surface area contributed by atoms with E-state index in [4.69, 9.17) is 15.8 Å². The Morgan fingerprint density at radius 2 is 1.77 bits per heavy atom. The fourth-order valence-electron chi connectivity index (χ4n) is 2.81. The molecule has 1 atom stereocenters. The van der Waals surface area contributed by atoms with Crippen LogP contribution >= 0.6 is 11.6 Å². The number of nitrogens with one attached hydrogen (secondary N) is 1. The number of hydrogen-bond donors (Lipinski definition) is 1. The van der Waals surface area contributed by atoms with Crippen molar-refractivity contribution in [2.75, 3.05) is 5.32 Å². The molecule has 0 radical (unpaired) electrons. The smallest absolute Gasteiger partial charge is 0.339 e. The highest BCUT2D eigenvalue weighted by Crippen LogP contribution is 2.28. The van der Waals surface area contributed by atoms with Gasteiger partial charge in [-0.05, 0) is 55.8 Å². The van der Waals surface area contributed by atoms with E-state index < -0.39 is 10.1 Å². The van der Waals surface area contributed by atoms with Gasteiger partial charge in [-0.2, -0.15) is 8.42 Å². The third-order valence-corrected chi connectivity index (χ3v) is 6.04. The standard InChI is InChI=1S/C21H25ClN2O5S/c1-5-14(2)24(16(4)26)13-17-12-18(22)6-11-21(17)29-30(27,28)20-9-7-19(8-10-20)23-15(3)25/h6-12,14H,5,13H2,1-4H3,(H,23,25). The van der Waals surface area contributed by atoms with Crippen molar-refractivity contribution in [2.24, 2.45) is 0 Å². The molecule has 1 N–H and O–H groups in total. The third-order valence-electron chi connectivity index (χ3n) is 4.55. The quantitative estimate of drug-likeness (QED) is 0.605. The average molecular weight is 453 g/mol. The molecule has 162 valence electrons. The predicted molar refractivity (Wildman–Crippen MR) is 116 cm³/mol. The zero-order valence-corrected chi connectivity index (χ0v) is 18.9. The Morgan fingerprint density at radius 1 is 1.13 bits per heavy atom. The lowest BCUT2D eigenvalue weighted by Gasteiger charge is -2.28. The summed E-state index contributed by atoms with van der Waals surface area (Å²) in [5.41, 5.74) is 0.954. The van der Waals surface area contributed by atoms with Gasteiger partial charge < -0.3 is 14.4 Å². The van der Waals surface area contributed by atoms with Crippen LogP contribution in [0.4, 0.5) is 5.69 Å². The van der Waals surface area contributed by atoms with E-state index in [-0.39, 0.29) is 35.0 Å². The first kappa shape index (κ1) is 23.7. The lowest BCUT2D eigenvalue weighted by atomic mass is 10.1. The maximum atomic E-state index is 12.8. The molecule has 0 saturated heterocycles. The Bertz CT molecular complexity index is 1020. The third kappa shape index (κ3) is 6.21. The molecule has 0 spiro atoms. The van der Waals surface area contributed by atoms with Crippen molar-refractivity contribution in [3.8, 4) is 5.75 Å². The van der Waals surface area contributed by atoms with Crippen LogP contribution in [0.5, 0.6) is 5.75 Å². The lowest BCUT2D eigenvalue weighted by Crippen LogP contribution is -2.36. The summed E-state index contributed by atoms with van der Waals surface area (Å²) in [6, 6.07) is 10.2. The van der Waals surface area contributed by atoms with Crippen LogP contribution in [0.15, 0.2) is 47.4 Å². The number of benzene rings is 2. The molecule has 30 heavy (non-hydrogen) atoms. The van der Waals surface area contributed by atoms with Gasteiger partial charge in [-0.25, -0.2) is 0 Å². The number of hydrogen-bond acceptors (Lipinski definition) is 5. The molecule has 0 aliphatic rings. The van der Waals surface area contributed by atoms with Crippen LogP contribution in [0, 0.1) is 0 Å². The summed E-state index contributed by atoms with van der Waals surface area (Å²) < 4.78 is 30.9. The van der Waals surface area contributed by atoms with Crippen LogP contribution in [0.3, 0.4) is 0 Å². The number of carbonyl (C=O) groups is 2. The van der Waals surface area contributed by atoms with Crippen LogP contribution < -0.4 is 9.50 Å². The van der Waals surface area contributed by atoms with Gasteiger partial charge in [0.25, 0.3) is 0 Å². The summed E-state index contributed by atoms with van der Waals surface area (Å²) in [5.74, 6) is -0.296. The molecule has 0 aliphatic heterocycles. The van der Waals surface area contributed by atoms with Gasteiger partial charge in [0, 0.05) is 42.7 Å². The maximum Gasteiger partial charge on any atom is 0.339 e. The average Bonchev–Trinajstić information content (AvgIpc) is 2.67. The molecule has 7 nitrogen and oxygen atoms in total. The second-order valence-corrected chi connectivity index (χ2v) is 8.88. The van der Waals surface area contributed by atoms with Crippen LogP contribution in [-0.4, -0.2) is 31.2 Å². The van der Waals surface area contributed by atoms with E-state index in [0.29, 0.717) is 16.3 Å². The molecule has 0 aromatic heterocycles. The predicted octanol–water partition coefficient (Wildman–Crippen LogP) is 4.21. The number of amides is 2. The van der Waals surface area contributed by atoms with Gasteiger partial charge in [0.05, 0.1) is 0 Å². The molecule has 2 amide bonds. The first-order chi connectivity index (χ1) is 14.0. The van der Waals surface area contributed by atoms with Crippen LogP contribution in [0.25, 0.3) is 0 Å². The molecule has 2 aromatic rings. The largest absolute Gasteiger partial charge is 0.379 e. The minimum absolute atomic E-state index is 0.0349. The van der Waals surface area contributed by atoms with Gasteiger partial charge in [-0.3, -0.25) is 9.59 Å². The van der Waals surface area contributed by atoms with Gasteiger partial charge in [-0.1, -0.05) is 18.5 Å². The van der Waals surface area contributed by atoms with Crippen molar-refractivity contribution in [1.82, 2.24) is 4.90 Å². The Hall–Kier alpha value is -2.58. The number of halogens is 1. The van der Waals surface area contributed by atoms with E-state index in [1.54, 1.807) is 11.0 Å². The molecular weight excluding hydrogens is 428 g/mol. The molecule has 9 heteroatoms. The van der Waals surface area contributed by atoms with Gasteiger partial charge in [0.2, 0.25) is 11.8 Å². The Balaban J connectivity index is 2.33. The lowest BCUT2D eigenvalue weighted by molar-refractivity contribution is -0.131. The first-order valence-corrected chi connectivity index (χ1v) is 11.2. The van der Waals surface area contributed by atoms with Gasteiger partial charge in [0.1, 0.15) is 10.6 Å². The molecule has 1 unspecified atom stereocenters. The molecule has 0 saturated carbocycles. The minimum atomic E-state index is -4.13. The Morgan fingerprint density at radius 3 is 2.30 bits per heavy atom. The topological polar surface area (TPSA) is 92.8 Å². The minimum Gasteiger partial charge on any atom is -0.379 e. The number of rotatable bonds is 8. The van der Waals surface area contributed by atoms with E-state index >= 15 is 0 Å². The summed E-state index contributed by atoms with van der Waals surface area (Å²) in [7, 11) is -4.13. The highest BCUT2D eigenvalue weighted by atomic mass is 35.5. The van der Waals surface area contributed by atoms with Crippen molar-refractivity contribution in [3.05, 3.63) is 53.1 Å². The van der Waals surface area contributed by atoms with E-state index in [2.05, 4.69) is 5.32 Å². The van der Waals surface area contributed by atoms with Crippen molar-refractivity contribution in [1.29, 1.82) is 0 Å². The fourth-order valence-corrected chi connectivity index (χ4v) is 3.97. The Kier molecular flexibility index (Phi) is 7.86. The SMILES string of the molecule is CCC(C)N(Cc1cc(Cl)ccc1OS(=O)(=O)c1ccc(NC(C)=O)cc1)C(C)=O. The molecule has 0 fully saturated rings. The molecule has 0 aliphatic carbocycles. The van der Waals surface area contributed by atoms with Gasteiger partial charge in [0.15, 0.2) is 0 Å². The molecule has 0 bridgehead atoms. The summed E-state index contributed by atoms with van der Waals surface area (Å²) in [5, 5.41) is 2.97. The van der Waals surface area contributed by atoms with Crippen molar-refractivity contribution in [2.45, 2.75) is 51.6 Å². The zero-order chi connectivity index (χ0) is 22.5. The summed E-state index contributed by atoms with van der Waals surface area (Å²) in [6.45, 7) is 6.87. The second kappa shape index (κ2) is 9.95. The maximum absolute atomic E-state index is 12.8. The van der Waals surface area contributed by atoms with E-state index in [1.807, 2.05) is 13.8 Å². The highest BCUT2D eigenvalue weighted by molar-refractivity contribution is 7.87. The van der Waals surface area contributed by atoms with Gasteiger partial charge >= 0.3 is 10.1 Å². The van der Waals surface area contributed by atoms with Crippen LogP contribution in [0.2, 0.25) is 5.02 Å². The first-order valence-electron chi connectivity index (χ1n) is 9.41. The summed E-state index contributed by atoms with van der Waals surface area (Å²) >= 11 is 6.10. The van der Waals surface area contributed by atoms with Crippen LogP contribution in [0.1, 0.15) is 39.7 Å². The molecule has 2 rings (SSSR count). The van der Waals surface area contributed by atoms with E-state index in [9.17, 15) is 18.0 Å². The van der Waals surface area contributed by atoms with Crippen molar-refractivity contribution < 1.29 is 22.2 Å². The normalized spacial score (nSPS) is 12.2. The van der Waals surface area contributed by atoms with E-state index in [0.717, 1.165) is 6.42 Å². The van der Waals surface area contributed by atoms with E-state index in [1.165, 1.54) is 50.2 Å². The molecular formula is C21H25ClN2O5S. The number of carbonyl (C=O) groups excluding carboxylic acids is 2. The van der Waals surface area contributed by atoms with Crippen LogP contribution in [-0.2, 0) is 26.3 Å². The summed E-state index contributed by atoms with van der Waals surface area (Å²) in [4.78, 5) is 24.7. The fraction of sp³-hybridized carbons (Fsp3) is 0.333. The number of nitrogens with zero attached hydrogens (tertiary/aromatic N) is 1. The van der Waals surface area contributed by atoms with Gasteiger partial charge in [-0.15, -0.1) is 0 Å². The van der Waals surface area contributed by atoms with Crippen molar-refractivity contribution >= 4 is 39.2 Å². The monoisotopic (exact) mass is 452 g/mol. The molecule has 2 aromatic carbocycles. The highest BCUT2D eigenvalue weighted by Gasteiger charge is 2.22. The Labute approximate surface area is 182 Å². The zero-order valence-electron chi connectivity index (χ0n) is 17.3. The molecule has 0 heterocycles. The second-order valence-electron chi connectivity index (χ2n) is 6.90. The summed E-state index contributed by atoms with van der Waals surface area (Å²) in [6.07, 6.45) is 0.745.